The Balaban J connectivity index is 4.44. The third kappa shape index (κ3) is 41.3. The van der Waals surface area contributed by atoms with Crippen LogP contribution in [0.3, 0.4) is 0 Å². The molecule has 8 nitrogen and oxygen atoms in total. The molecule has 2 atom stereocenters. The van der Waals surface area contributed by atoms with Gasteiger partial charge in [0.2, 0.25) is 0 Å². The fourth-order valence-corrected chi connectivity index (χ4v) is 6.30. The highest BCUT2D eigenvalue weighted by molar-refractivity contribution is 5.72. The standard InChI is InChI=1S/C54H87NO7/c1-6-8-10-12-14-16-18-20-22-24-26-27-29-31-33-35-37-39-41-43-45-53(57)62-50(48-60-47-46-51(54(58)59)55(3,4)5)49-61-52(56)44-42-40-38-36-34-32-30-28-25-23-21-19-17-15-13-11-9-7-2/h8,10,14-17,19-23,25-28,30-31,33,50-51H,6-7,9,11-13,18,24,29,32,34-49H2,1-5H3/p+1/b10-8+,16-14+,17-15+,21-19+,22-20+,25-23+,27-26+,30-28+,33-31+. The van der Waals surface area contributed by atoms with Crippen LogP contribution in [0.2, 0.25) is 0 Å². The Morgan fingerprint density at radius 3 is 1.48 bits per heavy atom. The summed E-state index contributed by atoms with van der Waals surface area (Å²) >= 11 is 0. The fourth-order valence-electron chi connectivity index (χ4n) is 6.30. The van der Waals surface area contributed by atoms with Crippen molar-refractivity contribution in [3.63, 3.8) is 0 Å². The molecule has 8 heteroatoms. The van der Waals surface area contributed by atoms with Gasteiger partial charge in [-0.15, -0.1) is 0 Å². The number of hydrogen-bond donors (Lipinski definition) is 1. The Hall–Kier alpha value is -4.01. The first-order chi connectivity index (χ1) is 30.1. The molecule has 0 aliphatic rings. The van der Waals surface area contributed by atoms with Gasteiger partial charge in [-0.2, -0.15) is 0 Å². The Kier molecular flexibility index (Phi) is 40.8. The van der Waals surface area contributed by atoms with E-state index in [1.165, 1.54) is 19.3 Å². The number of rotatable bonds is 41. The van der Waals surface area contributed by atoms with Gasteiger partial charge < -0.3 is 23.8 Å². The summed E-state index contributed by atoms with van der Waals surface area (Å²) in [4.78, 5) is 37.1. The Morgan fingerprint density at radius 2 is 0.968 bits per heavy atom. The maximum atomic E-state index is 12.8. The molecule has 2 unspecified atom stereocenters. The summed E-state index contributed by atoms with van der Waals surface area (Å²) in [6, 6.07) is -0.631. The first-order valence-electron chi connectivity index (χ1n) is 24.0. The van der Waals surface area contributed by atoms with Gasteiger partial charge in [0.15, 0.2) is 12.1 Å². The van der Waals surface area contributed by atoms with Gasteiger partial charge >= 0.3 is 17.9 Å². The van der Waals surface area contributed by atoms with Gasteiger partial charge in [0.1, 0.15) is 6.61 Å². The third-order valence-electron chi connectivity index (χ3n) is 10.0. The molecule has 0 spiro atoms. The lowest BCUT2D eigenvalue weighted by Gasteiger charge is -2.31. The van der Waals surface area contributed by atoms with E-state index in [0.29, 0.717) is 12.8 Å². The van der Waals surface area contributed by atoms with Crippen LogP contribution in [0.15, 0.2) is 109 Å². The third-order valence-corrected chi connectivity index (χ3v) is 10.0. The van der Waals surface area contributed by atoms with Crippen molar-refractivity contribution in [2.24, 2.45) is 0 Å². The zero-order chi connectivity index (χ0) is 45.6. The number of nitrogens with zero attached hydrogens (tertiary/aromatic N) is 1. The molecule has 0 heterocycles. The second-order valence-corrected chi connectivity index (χ2v) is 16.7. The number of unbranched alkanes of at least 4 members (excludes halogenated alkanes) is 12. The van der Waals surface area contributed by atoms with E-state index in [1.54, 1.807) is 0 Å². The molecule has 0 amide bonds. The topological polar surface area (TPSA) is 99.1 Å². The molecule has 350 valence electrons. The Bertz CT molecular complexity index is 1370. The molecule has 0 aromatic rings. The van der Waals surface area contributed by atoms with E-state index >= 15 is 0 Å². The van der Waals surface area contributed by atoms with Crippen LogP contribution in [0.25, 0.3) is 0 Å². The number of ether oxygens (including phenoxy) is 3. The summed E-state index contributed by atoms with van der Waals surface area (Å²) in [5.41, 5.74) is 0. The zero-order valence-corrected chi connectivity index (χ0v) is 39.8. The monoisotopic (exact) mass is 863 g/mol. The molecule has 0 aliphatic heterocycles. The molecule has 0 saturated heterocycles. The maximum absolute atomic E-state index is 12.8. The Labute approximate surface area is 378 Å². The van der Waals surface area contributed by atoms with Crippen LogP contribution in [0.1, 0.15) is 162 Å². The number of esters is 2. The van der Waals surface area contributed by atoms with E-state index in [0.717, 1.165) is 109 Å². The molecule has 0 aliphatic carbocycles. The quantitative estimate of drug-likeness (QED) is 0.0215. The smallest absolute Gasteiger partial charge is 0.362 e. The van der Waals surface area contributed by atoms with Crippen LogP contribution < -0.4 is 0 Å². The van der Waals surface area contributed by atoms with Crippen molar-refractivity contribution in [2.45, 2.75) is 174 Å². The van der Waals surface area contributed by atoms with Crippen molar-refractivity contribution in [3.05, 3.63) is 109 Å². The number of hydrogen-bond acceptors (Lipinski definition) is 6. The van der Waals surface area contributed by atoms with Crippen LogP contribution in [0.5, 0.6) is 0 Å². The van der Waals surface area contributed by atoms with Crippen LogP contribution in [0.4, 0.5) is 0 Å². The van der Waals surface area contributed by atoms with E-state index in [4.69, 9.17) is 14.2 Å². The number of likely N-dealkylation sites (N-methyl/N-ethyl adjacent to an activating group) is 1. The van der Waals surface area contributed by atoms with Gasteiger partial charge in [-0.25, -0.2) is 4.79 Å². The summed E-state index contributed by atoms with van der Waals surface area (Å²) < 4.78 is 17.3. The van der Waals surface area contributed by atoms with Gasteiger partial charge in [0.05, 0.1) is 34.4 Å². The number of carboxylic acid groups (broad SMARTS) is 1. The first kappa shape index (κ1) is 58.0. The molecular weight excluding hydrogens is 775 g/mol. The predicted octanol–water partition coefficient (Wildman–Crippen LogP) is 13.6. The second kappa shape index (κ2) is 43.6. The molecular formula is C54H88NO7+. The number of carboxylic acids is 1. The van der Waals surface area contributed by atoms with E-state index in [1.807, 2.05) is 27.2 Å². The molecule has 0 radical (unpaired) electrons. The molecule has 0 aromatic heterocycles. The Morgan fingerprint density at radius 1 is 0.516 bits per heavy atom. The lowest BCUT2D eigenvalue weighted by molar-refractivity contribution is -0.887. The summed E-state index contributed by atoms with van der Waals surface area (Å²) in [6.45, 7) is 4.51. The largest absolute Gasteiger partial charge is 0.477 e. The fraction of sp³-hybridized carbons (Fsp3) is 0.611. The molecule has 0 fully saturated rings. The van der Waals surface area contributed by atoms with Gasteiger partial charge in [-0.1, -0.05) is 168 Å². The highest BCUT2D eigenvalue weighted by atomic mass is 16.6. The minimum Gasteiger partial charge on any atom is -0.477 e. The molecule has 0 aromatic carbocycles. The van der Waals surface area contributed by atoms with Crippen LogP contribution in [-0.2, 0) is 28.6 Å². The van der Waals surface area contributed by atoms with Gasteiger partial charge in [0, 0.05) is 19.3 Å². The summed E-state index contributed by atoms with van der Waals surface area (Å²) in [7, 11) is 5.50. The predicted molar refractivity (Wildman–Crippen MR) is 261 cm³/mol. The number of quaternary nitrogens is 1. The van der Waals surface area contributed by atoms with Crippen LogP contribution in [-0.4, -0.2) is 80.6 Å². The van der Waals surface area contributed by atoms with Crippen molar-refractivity contribution in [1.29, 1.82) is 0 Å². The number of carbonyl (C=O) groups excluding carboxylic acids is 2. The van der Waals surface area contributed by atoms with Crippen molar-refractivity contribution >= 4 is 17.9 Å². The van der Waals surface area contributed by atoms with E-state index in [-0.39, 0.29) is 42.7 Å². The van der Waals surface area contributed by atoms with Crippen molar-refractivity contribution in [2.75, 3.05) is 41.0 Å². The van der Waals surface area contributed by atoms with E-state index in [2.05, 4.69) is 117 Å². The van der Waals surface area contributed by atoms with Gasteiger partial charge in [0.25, 0.3) is 0 Å². The lowest BCUT2D eigenvalue weighted by atomic mass is 10.1. The van der Waals surface area contributed by atoms with Gasteiger partial charge in [-0.3, -0.25) is 9.59 Å². The summed E-state index contributed by atoms with van der Waals surface area (Å²) in [5, 5.41) is 9.64. The van der Waals surface area contributed by atoms with Crippen molar-refractivity contribution < 1.29 is 38.2 Å². The first-order valence-corrected chi connectivity index (χ1v) is 24.0. The van der Waals surface area contributed by atoms with Crippen LogP contribution >= 0.6 is 0 Å². The molecule has 1 N–H and O–H groups in total. The number of carbonyl (C=O) groups is 3. The summed E-state index contributed by atoms with van der Waals surface area (Å²) in [5.74, 6) is -1.54. The molecule has 0 saturated carbocycles. The SMILES string of the molecule is CC/C=C/C/C=C/C/C=C/C/C=C/C/C=C/CCCCCCC(=O)OC(COCCC(C(=O)O)[N+](C)(C)C)COC(=O)CCCCCCC/C=C/C=C/C=C/C=C/CCCCC. The average Bonchev–Trinajstić information content (AvgIpc) is 3.23. The van der Waals surface area contributed by atoms with Crippen molar-refractivity contribution in [1.82, 2.24) is 0 Å². The number of aliphatic carboxylic acids is 1. The lowest BCUT2D eigenvalue weighted by Crippen LogP contribution is -2.50. The summed E-state index contributed by atoms with van der Waals surface area (Å²) in [6.07, 6.45) is 59.8. The number of allylic oxidation sites excluding steroid dienone is 18. The zero-order valence-electron chi connectivity index (χ0n) is 39.8. The van der Waals surface area contributed by atoms with E-state index in [9.17, 15) is 19.5 Å². The van der Waals surface area contributed by atoms with Crippen LogP contribution in [0, 0.1) is 0 Å². The average molecular weight is 863 g/mol. The molecule has 0 bridgehead atoms. The second-order valence-electron chi connectivity index (χ2n) is 16.7. The highest BCUT2D eigenvalue weighted by Crippen LogP contribution is 2.12. The minimum absolute atomic E-state index is 0.0349. The van der Waals surface area contributed by atoms with E-state index < -0.39 is 18.1 Å². The highest BCUT2D eigenvalue weighted by Gasteiger charge is 2.31. The van der Waals surface area contributed by atoms with Gasteiger partial charge in [-0.05, 0) is 83.5 Å². The van der Waals surface area contributed by atoms with Crippen molar-refractivity contribution in [3.8, 4) is 0 Å². The molecule has 62 heavy (non-hydrogen) atoms. The minimum atomic E-state index is -0.888. The maximum Gasteiger partial charge on any atom is 0.362 e. The molecule has 0 rings (SSSR count). The normalized spacial score (nSPS) is 13.9.